The number of amides is 3. The first kappa shape index (κ1) is 21.5. The van der Waals surface area contributed by atoms with Crippen LogP contribution in [0.3, 0.4) is 0 Å². The van der Waals surface area contributed by atoms with Gasteiger partial charge in [0.05, 0.1) is 11.3 Å². The van der Waals surface area contributed by atoms with Crippen molar-refractivity contribution in [1.82, 2.24) is 15.0 Å². The number of nitrogens with zero attached hydrogens (tertiary/aromatic N) is 3. The number of carbonyl (C=O) groups is 3. The summed E-state index contributed by atoms with van der Waals surface area (Å²) in [5, 5.41) is 7.26. The molecule has 2 aromatic heterocycles. The molecule has 0 atom stereocenters. The number of hydrogen-bond donors (Lipinski definition) is 2. The van der Waals surface area contributed by atoms with Crippen LogP contribution in [-0.4, -0.2) is 65.4 Å². The van der Waals surface area contributed by atoms with E-state index in [4.69, 9.17) is 10.3 Å². The van der Waals surface area contributed by atoms with Crippen molar-refractivity contribution < 1.29 is 18.9 Å². The van der Waals surface area contributed by atoms with Gasteiger partial charge in [-0.2, -0.15) is 0 Å². The second-order valence-corrected chi connectivity index (χ2v) is 9.15. The number of fused-ring (bicyclic) bond motifs is 1. The molecule has 31 heavy (non-hydrogen) atoms. The van der Waals surface area contributed by atoms with Gasteiger partial charge in [-0.3, -0.25) is 19.3 Å². The van der Waals surface area contributed by atoms with Crippen molar-refractivity contribution in [1.29, 1.82) is 0 Å². The molecule has 2 aliphatic rings. The number of thiophene rings is 1. The van der Waals surface area contributed by atoms with E-state index < -0.39 is 5.91 Å². The lowest BCUT2D eigenvalue weighted by molar-refractivity contribution is -0.116. The highest BCUT2D eigenvalue weighted by Gasteiger charge is 2.26. The van der Waals surface area contributed by atoms with Crippen molar-refractivity contribution in [3.8, 4) is 0 Å². The Balaban J connectivity index is 1.27. The number of carbonyl (C=O) groups excluding carboxylic acids is 3. The minimum absolute atomic E-state index is 0.128. The fourth-order valence-corrected chi connectivity index (χ4v) is 5.47. The summed E-state index contributed by atoms with van der Waals surface area (Å²) in [6, 6.07) is 1.64. The summed E-state index contributed by atoms with van der Waals surface area (Å²) in [6.45, 7) is 4.89. The molecule has 0 bridgehead atoms. The first-order valence-electron chi connectivity index (χ1n) is 10.6. The number of primary amides is 1. The van der Waals surface area contributed by atoms with E-state index in [1.54, 1.807) is 17.9 Å². The van der Waals surface area contributed by atoms with Gasteiger partial charge in [-0.25, -0.2) is 0 Å². The van der Waals surface area contributed by atoms with Crippen molar-refractivity contribution in [2.75, 3.05) is 38.0 Å². The molecule has 3 N–H and O–H groups in total. The monoisotopic (exact) mass is 445 g/mol. The Kier molecular flexibility index (Phi) is 6.38. The van der Waals surface area contributed by atoms with Gasteiger partial charge in [-0.05, 0) is 38.2 Å². The normalized spacial score (nSPS) is 16.7. The van der Waals surface area contributed by atoms with Crippen LogP contribution in [0.5, 0.6) is 0 Å². The maximum Gasteiger partial charge on any atom is 0.292 e. The lowest BCUT2D eigenvalue weighted by Crippen LogP contribution is -2.49. The zero-order chi connectivity index (χ0) is 22.0. The second kappa shape index (κ2) is 9.19. The highest BCUT2D eigenvalue weighted by Crippen LogP contribution is 2.37. The zero-order valence-corrected chi connectivity index (χ0v) is 18.4. The average molecular weight is 446 g/mol. The van der Waals surface area contributed by atoms with Crippen LogP contribution in [0.25, 0.3) is 0 Å². The fourth-order valence-electron chi connectivity index (χ4n) is 4.16. The minimum Gasteiger partial charge on any atom is -0.365 e. The lowest BCUT2D eigenvalue weighted by atomic mass is 9.95. The molecule has 1 fully saturated rings. The van der Waals surface area contributed by atoms with Gasteiger partial charge >= 0.3 is 0 Å². The topological polar surface area (TPSA) is 122 Å². The molecule has 10 heteroatoms. The maximum absolute atomic E-state index is 12.5. The molecule has 0 radical (unpaired) electrons. The summed E-state index contributed by atoms with van der Waals surface area (Å²) in [7, 11) is 0. The first-order valence-corrected chi connectivity index (χ1v) is 11.4. The van der Waals surface area contributed by atoms with Crippen LogP contribution in [0, 0.1) is 6.92 Å². The number of nitrogens with two attached hydrogens (primary N) is 1. The number of nitrogens with one attached hydrogen (secondary N) is 1. The van der Waals surface area contributed by atoms with Crippen LogP contribution in [0.2, 0.25) is 0 Å². The summed E-state index contributed by atoms with van der Waals surface area (Å²) >= 11 is 1.48. The largest absolute Gasteiger partial charge is 0.365 e. The molecule has 1 aliphatic carbocycles. The van der Waals surface area contributed by atoms with Crippen molar-refractivity contribution in [3.63, 3.8) is 0 Å². The van der Waals surface area contributed by atoms with Crippen LogP contribution >= 0.6 is 11.3 Å². The third kappa shape index (κ3) is 4.80. The van der Waals surface area contributed by atoms with E-state index in [2.05, 4.69) is 15.4 Å². The van der Waals surface area contributed by atoms with Gasteiger partial charge in [0.2, 0.25) is 11.7 Å². The quantitative estimate of drug-likeness (QED) is 0.699. The SMILES string of the molecule is Cc1cc(C(=O)N2CCN(CCC(=O)Nc3sc4c(c3C(N)=O)CCCC4)CC2)on1. The molecular weight excluding hydrogens is 418 g/mol. The number of anilines is 1. The molecule has 0 saturated carbocycles. The summed E-state index contributed by atoms with van der Waals surface area (Å²) in [6.07, 6.45) is 4.24. The Morgan fingerprint density at radius 2 is 1.94 bits per heavy atom. The van der Waals surface area contributed by atoms with E-state index in [-0.39, 0.29) is 17.6 Å². The van der Waals surface area contributed by atoms with Crippen molar-refractivity contribution in [2.45, 2.75) is 39.0 Å². The molecule has 0 aromatic carbocycles. The van der Waals surface area contributed by atoms with Crippen LogP contribution in [-0.2, 0) is 17.6 Å². The molecule has 3 heterocycles. The van der Waals surface area contributed by atoms with E-state index in [9.17, 15) is 14.4 Å². The Hall–Kier alpha value is -2.72. The van der Waals surface area contributed by atoms with Gasteiger partial charge in [-0.15, -0.1) is 11.3 Å². The predicted molar refractivity (Wildman–Crippen MR) is 116 cm³/mol. The molecule has 0 spiro atoms. The zero-order valence-electron chi connectivity index (χ0n) is 17.6. The molecule has 3 amide bonds. The number of hydrogen-bond acceptors (Lipinski definition) is 7. The highest BCUT2D eigenvalue weighted by atomic mass is 32.1. The maximum atomic E-state index is 12.5. The van der Waals surface area contributed by atoms with E-state index in [0.29, 0.717) is 55.4 Å². The van der Waals surface area contributed by atoms with Gasteiger partial charge in [-0.1, -0.05) is 5.16 Å². The third-order valence-corrected chi connectivity index (χ3v) is 7.03. The number of piperazine rings is 1. The summed E-state index contributed by atoms with van der Waals surface area (Å²) in [5.41, 5.74) is 7.78. The van der Waals surface area contributed by atoms with E-state index >= 15 is 0 Å². The Morgan fingerprint density at radius 3 is 2.61 bits per heavy atom. The van der Waals surface area contributed by atoms with Crippen molar-refractivity contribution in [3.05, 3.63) is 33.5 Å². The van der Waals surface area contributed by atoms with Gasteiger partial charge in [0, 0.05) is 50.1 Å². The second-order valence-electron chi connectivity index (χ2n) is 8.04. The van der Waals surface area contributed by atoms with Gasteiger partial charge in [0.25, 0.3) is 11.8 Å². The number of rotatable bonds is 6. The van der Waals surface area contributed by atoms with E-state index in [1.165, 1.54) is 11.3 Å². The lowest BCUT2D eigenvalue weighted by Gasteiger charge is -2.34. The summed E-state index contributed by atoms with van der Waals surface area (Å²) in [4.78, 5) is 42.0. The minimum atomic E-state index is -0.475. The average Bonchev–Trinajstić information content (AvgIpc) is 3.35. The smallest absolute Gasteiger partial charge is 0.292 e. The van der Waals surface area contributed by atoms with E-state index in [1.807, 2.05) is 0 Å². The Morgan fingerprint density at radius 1 is 1.19 bits per heavy atom. The molecule has 4 rings (SSSR count). The third-order valence-electron chi connectivity index (χ3n) is 5.82. The molecule has 1 saturated heterocycles. The number of aryl methyl sites for hydroxylation is 2. The first-order chi connectivity index (χ1) is 14.9. The number of aromatic nitrogens is 1. The molecule has 9 nitrogen and oxygen atoms in total. The molecule has 0 unspecified atom stereocenters. The molecule has 166 valence electrons. The van der Waals surface area contributed by atoms with Crippen LogP contribution in [0.15, 0.2) is 10.6 Å². The molecule has 1 aliphatic heterocycles. The standard InChI is InChI=1S/C21H27N5O4S/c1-13-12-15(30-24-13)21(29)26-10-8-25(9-11-26)7-6-17(27)23-20-18(19(22)28)14-4-2-3-5-16(14)31-20/h12H,2-11H2,1H3,(H2,22,28)(H,23,27). The van der Waals surface area contributed by atoms with Crippen LogP contribution in [0.4, 0.5) is 5.00 Å². The molecule has 2 aromatic rings. The Labute approximate surface area is 184 Å². The highest BCUT2D eigenvalue weighted by molar-refractivity contribution is 7.17. The van der Waals surface area contributed by atoms with Gasteiger partial charge in [0.15, 0.2) is 0 Å². The van der Waals surface area contributed by atoms with Crippen molar-refractivity contribution in [2.24, 2.45) is 5.73 Å². The van der Waals surface area contributed by atoms with Gasteiger partial charge in [0.1, 0.15) is 5.00 Å². The summed E-state index contributed by atoms with van der Waals surface area (Å²) in [5.74, 6) is -0.498. The predicted octanol–water partition coefficient (Wildman–Crippen LogP) is 1.81. The van der Waals surface area contributed by atoms with Crippen LogP contribution < -0.4 is 11.1 Å². The summed E-state index contributed by atoms with van der Waals surface area (Å²) < 4.78 is 5.06. The van der Waals surface area contributed by atoms with Gasteiger partial charge < -0.3 is 20.5 Å². The van der Waals surface area contributed by atoms with Crippen molar-refractivity contribution >= 4 is 34.1 Å². The fraction of sp³-hybridized carbons (Fsp3) is 0.524. The Bertz CT molecular complexity index is 990. The molecular formula is C21H27N5O4S. The van der Waals surface area contributed by atoms with Crippen LogP contribution in [0.1, 0.15) is 56.3 Å². The van der Waals surface area contributed by atoms with E-state index in [0.717, 1.165) is 36.1 Å².